The van der Waals surface area contributed by atoms with Gasteiger partial charge in [-0.25, -0.2) is 4.79 Å². The third kappa shape index (κ3) is 3.81. The SMILES string of the molecule is O=C(O)c1ccc(CNC(=O)c2ccc3c(c2)C(=O)N(CC2CCCO2)C3=O)cc1. The van der Waals surface area contributed by atoms with Gasteiger partial charge in [0.05, 0.1) is 29.3 Å². The molecule has 2 aliphatic heterocycles. The van der Waals surface area contributed by atoms with E-state index < -0.39 is 17.8 Å². The molecule has 1 fully saturated rings. The number of hydrogen-bond donors (Lipinski definition) is 2. The largest absolute Gasteiger partial charge is 0.478 e. The van der Waals surface area contributed by atoms with Crippen molar-refractivity contribution in [3.05, 3.63) is 70.3 Å². The van der Waals surface area contributed by atoms with Crippen molar-refractivity contribution in [2.45, 2.75) is 25.5 Å². The maximum atomic E-state index is 12.7. The highest BCUT2D eigenvalue weighted by molar-refractivity contribution is 6.22. The van der Waals surface area contributed by atoms with Crippen LogP contribution in [0.5, 0.6) is 0 Å². The summed E-state index contributed by atoms with van der Waals surface area (Å²) in [6, 6.07) is 10.6. The predicted octanol–water partition coefficient (Wildman–Crippen LogP) is 2.09. The number of hydrogen-bond acceptors (Lipinski definition) is 5. The highest BCUT2D eigenvalue weighted by Crippen LogP contribution is 2.26. The molecule has 0 aromatic heterocycles. The van der Waals surface area contributed by atoms with E-state index in [2.05, 4.69) is 5.32 Å². The van der Waals surface area contributed by atoms with Crippen LogP contribution in [0.15, 0.2) is 42.5 Å². The highest BCUT2D eigenvalue weighted by atomic mass is 16.5. The van der Waals surface area contributed by atoms with Gasteiger partial charge in [-0.05, 0) is 48.7 Å². The number of rotatable bonds is 6. The van der Waals surface area contributed by atoms with Gasteiger partial charge < -0.3 is 15.2 Å². The van der Waals surface area contributed by atoms with Gasteiger partial charge in [-0.1, -0.05) is 12.1 Å². The van der Waals surface area contributed by atoms with Crippen molar-refractivity contribution in [1.82, 2.24) is 10.2 Å². The Morgan fingerprint density at radius 2 is 1.73 bits per heavy atom. The second-order valence-corrected chi connectivity index (χ2v) is 7.30. The standard InChI is InChI=1S/C22H20N2O6/c25-19(23-11-13-3-5-14(6-4-13)22(28)29)15-7-8-17-18(10-15)21(27)24(20(17)26)12-16-2-1-9-30-16/h3-8,10,16H,1-2,9,11-12H2,(H,23,25)(H,28,29). The fourth-order valence-electron chi connectivity index (χ4n) is 3.64. The zero-order chi connectivity index (χ0) is 21.3. The Morgan fingerprint density at radius 3 is 2.40 bits per heavy atom. The zero-order valence-electron chi connectivity index (χ0n) is 16.1. The van der Waals surface area contributed by atoms with Crippen LogP contribution in [0.25, 0.3) is 0 Å². The van der Waals surface area contributed by atoms with Crippen LogP contribution in [0.3, 0.4) is 0 Å². The minimum absolute atomic E-state index is 0.137. The minimum atomic E-state index is -1.02. The number of carboxylic acids is 1. The van der Waals surface area contributed by atoms with E-state index in [1.54, 1.807) is 12.1 Å². The van der Waals surface area contributed by atoms with Crippen LogP contribution < -0.4 is 5.32 Å². The number of aromatic carboxylic acids is 1. The van der Waals surface area contributed by atoms with E-state index in [0.717, 1.165) is 18.4 Å². The van der Waals surface area contributed by atoms with E-state index in [1.165, 1.54) is 35.2 Å². The summed E-state index contributed by atoms with van der Waals surface area (Å²) in [5.41, 5.74) is 1.69. The second kappa shape index (κ2) is 8.08. The average molecular weight is 408 g/mol. The van der Waals surface area contributed by atoms with Gasteiger partial charge in [-0.2, -0.15) is 0 Å². The van der Waals surface area contributed by atoms with Crippen LogP contribution in [0, 0.1) is 0 Å². The van der Waals surface area contributed by atoms with Crippen molar-refractivity contribution >= 4 is 23.7 Å². The van der Waals surface area contributed by atoms with E-state index in [1.807, 2.05) is 0 Å². The first kappa shape index (κ1) is 19.8. The molecule has 0 saturated carbocycles. The lowest BCUT2D eigenvalue weighted by Gasteiger charge is -2.17. The molecule has 8 nitrogen and oxygen atoms in total. The van der Waals surface area contributed by atoms with Crippen molar-refractivity contribution in [1.29, 1.82) is 0 Å². The molecule has 3 amide bonds. The maximum absolute atomic E-state index is 12.7. The third-order valence-corrected chi connectivity index (χ3v) is 5.30. The Kier molecular flexibility index (Phi) is 5.33. The first-order valence-electron chi connectivity index (χ1n) is 9.66. The normalized spacial score (nSPS) is 17.9. The van der Waals surface area contributed by atoms with Crippen LogP contribution >= 0.6 is 0 Å². The molecule has 0 radical (unpaired) electrons. The van der Waals surface area contributed by atoms with Crippen LogP contribution in [0.2, 0.25) is 0 Å². The molecule has 2 aromatic carbocycles. The number of nitrogens with one attached hydrogen (secondary N) is 1. The van der Waals surface area contributed by atoms with Gasteiger partial charge in [0.25, 0.3) is 17.7 Å². The molecule has 2 aliphatic rings. The summed E-state index contributed by atoms with van der Waals surface area (Å²) >= 11 is 0. The molecule has 154 valence electrons. The number of carbonyl (C=O) groups excluding carboxylic acids is 3. The number of amides is 3. The average Bonchev–Trinajstić information content (AvgIpc) is 3.35. The van der Waals surface area contributed by atoms with Crippen LogP contribution in [0.1, 0.15) is 59.8 Å². The van der Waals surface area contributed by atoms with Crippen LogP contribution in [-0.4, -0.2) is 53.0 Å². The fraction of sp³-hybridized carbons (Fsp3) is 0.273. The number of imide groups is 1. The smallest absolute Gasteiger partial charge is 0.335 e. The van der Waals surface area contributed by atoms with Gasteiger partial charge in [-0.3, -0.25) is 19.3 Å². The van der Waals surface area contributed by atoms with Gasteiger partial charge >= 0.3 is 5.97 Å². The quantitative estimate of drug-likeness (QED) is 0.708. The van der Waals surface area contributed by atoms with Crippen LogP contribution in [0.4, 0.5) is 0 Å². The topological polar surface area (TPSA) is 113 Å². The summed E-state index contributed by atoms with van der Waals surface area (Å²) in [5, 5.41) is 11.7. The number of fused-ring (bicyclic) bond motifs is 1. The van der Waals surface area contributed by atoms with Crippen molar-refractivity contribution in [2.75, 3.05) is 13.2 Å². The summed E-state index contributed by atoms with van der Waals surface area (Å²) < 4.78 is 5.52. The predicted molar refractivity (Wildman–Crippen MR) is 105 cm³/mol. The molecule has 1 atom stereocenters. The second-order valence-electron chi connectivity index (χ2n) is 7.30. The monoisotopic (exact) mass is 408 g/mol. The molecule has 8 heteroatoms. The number of carboxylic acid groups (broad SMARTS) is 1. The lowest BCUT2D eigenvalue weighted by Crippen LogP contribution is -2.36. The molecule has 1 unspecified atom stereocenters. The summed E-state index contributed by atoms with van der Waals surface area (Å²) in [5.74, 6) is -2.19. The molecule has 30 heavy (non-hydrogen) atoms. The lowest BCUT2D eigenvalue weighted by molar-refractivity contribution is 0.0475. The Hall–Kier alpha value is -3.52. The minimum Gasteiger partial charge on any atom is -0.478 e. The van der Waals surface area contributed by atoms with Gasteiger partial charge in [0, 0.05) is 18.7 Å². The Balaban J connectivity index is 1.43. The number of nitrogens with zero attached hydrogens (tertiary/aromatic N) is 1. The van der Waals surface area contributed by atoms with Gasteiger partial charge in [-0.15, -0.1) is 0 Å². The van der Waals surface area contributed by atoms with Gasteiger partial charge in [0.2, 0.25) is 0 Å². The molecule has 2 N–H and O–H groups in total. The van der Waals surface area contributed by atoms with E-state index in [-0.39, 0.29) is 41.8 Å². The molecule has 0 spiro atoms. The van der Waals surface area contributed by atoms with Crippen molar-refractivity contribution in [3.8, 4) is 0 Å². The maximum Gasteiger partial charge on any atom is 0.335 e. The molecule has 0 bridgehead atoms. The Bertz CT molecular complexity index is 1020. The van der Waals surface area contributed by atoms with Crippen molar-refractivity contribution in [2.24, 2.45) is 0 Å². The molecule has 2 heterocycles. The summed E-state index contributed by atoms with van der Waals surface area (Å²) in [4.78, 5) is 49.9. The van der Waals surface area contributed by atoms with E-state index in [0.29, 0.717) is 12.2 Å². The van der Waals surface area contributed by atoms with E-state index >= 15 is 0 Å². The molecule has 0 aliphatic carbocycles. The lowest BCUT2D eigenvalue weighted by atomic mass is 10.1. The molecular formula is C22H20N2O6. The van der Waals surface area contributed by atoms with Crippen molar-refractivity contribution < 1.29 is 29.0 Å². The van der Waals surface area contributed by atoms with E-state index in [9.17, 15) is 19.2 Å². The molecule has 1 saturated heterocycles. The number of ether oxygens (including phenoxy) is 1. The van der Waals surface area contributed by atoms with Gasteiger partial charge in [0.15, 0.2) is 0 Å². The molecular weight excluding hydrogens is 388 g/mol. The summed E-state index contributed by atoms with van der Waals surface area (Å²) in [7, 11) is 0. The highest BCUT2D eigenvalue weighted by Gasteiger charge is 2.37. The van der Waals surface area contributed by atoms with Gasteiger partial charge in [0.1, 0.15) is 0 Å². The molecule has 4 rings (SSSR count). The molecule has 2 aromatic rings. The number of carbonyl (C=O) groups is 4. The van der Waals surface area contributed by atoms with Crippen molar-refractivity contribution in [3.63, 3.8) is 0 Å². The number of benzene rings is 2. The fourth-order valence-corrected chi connectivity index (χ4v) is 3.64. The zero-order valence-corrected chi connectivity index (χ0v) is 16.1. The third-order valence-electron chi connectivity index (χ3n) is 5.30. The Labute approximate surface area is 172 Å². The van der Waals surface area contributed by atoms with Crippen LogP contribution in [-0.2, 0) is 11.3 Å². The Morgan fingerprint density at radius 1 is 1.03 bits per heavy atom. The first-order valence-corrected chi connectivity index (χ1v) is 9.66. The first-order chi connectivity index (χ1) is 14.4. The van der Waals surface area contributed by atoms with E-state index in [4.69, 9.17) is 9.84 Å². The summed E-state index contributed by atoms with van der Waals surface area (Å²) in [6.45, 7) is 1.06. The summed E-state index contributed by atoms with van der Waals surface area (Å²) in [6.07, 6.45) is 1.59.